The summed E-state index contributed by atoms with van der Waals surface area (Å²) in [5, 5.41) is 2.21. The maximum absolute atomic E-state index is 4.30. The summed E-state index contributed by atoms with van der Waals surface area (Å²) in [6.45, 7) is 11.2. The van der Waals surface area contributed by atoms with Gasteiger partial charge in [0.25, 0.3) is 0 Å². The Morgan fingerprint density at radius 2 is 2.36 bits per heavy atom. The van der Waals surface area contributed by atoms with Crippen LogP contribution in [0.3, 0.4) is 0 Å². The summed E-state index contributed by atoms with van der Waals surface area (Å²) in [7, 11) is 0. The smallest absolute Gasteiger partial charge is 0.0689 e. The second kappa shape index (κ2) is 4.80. The minimum atomic E-state index is 1.03. The standard InChI is InChI=1S/C12H18N2/c1-5-8-14-9-7-10(3)12(14)11(4)13-6-2/h6-7,9H,3,5,8H2,1-2,4H3/b12-11+,13-6?. The van der Waals surface area contributed by atoms with E-state index in [4.69, 9.17) is 0 Å². The summed E-state index contributed by atoms with van der Waals surface area (Å²) in [6.07, 6.45) is 5.03. The number of aromatic nitrogens is 1. The molecule has 0 amide bonds. The number of aliphatic imine (C=N–C) groups is 1. The van der Waals surface area contributed by atoms with Gasteiger partial charge in [-0.25, -0.2) is 0 Å². The predicted molar refractivity (Wildman–Crippen MR) is 62.7 cm³/mol. The van der Waals surface area contributed by atoms with Crippen molar-refractivity contribution in [2.75, 3.05) is 0 Å². The minimum absolute atomic E-state index is 1.03. The zero-order valence-corrected chi connectivity index (χ0v) is 9.25. The first-order valence-electron chi connectivity index (χ1n) is 5.04. The van der Waals surface area contributed by atoms with Gasteiger partial charge in [-0.1, -0.05) is 13.5 Å². The van der Waals surface area contributed by atoms with Crippen LogP contribution in [0.1, 0.15) is 27.2 Å². The van der Waals surface area contributed by atoms with E-state index < -0.39 is 0 Å². The Morgan fingerprint density at radius 3 is 2.93 bits per heavy atom. The van der Waals surface area contributed by atoms with E-state index in [2.05, 4.69) is 29.3 Å². The quantitative estimate of drug-likeness (QED) is 0.643. The van der Waals surface area contributed by atoms with Crippen molar-refractivity contribution in [2.24, 2.45) is 4.99 Å². The van der Waals surface area contributed by atoms with Crippen molar-refractivity contribution >= 4 is 18.5 Å². The zero-order chi connectivity index (χ0) is 10.6. The molecule has 0 spiro atoms. The SMILES string of the molecule is C=c1ccn(CCC)/c1=C(\C)N=CC. The molecular weight excluding hydrogens is 172 g/mol. The molecule has 0 unspecified atom stereocenters. The predicted octanol–water partition coefficient (Wildman–Crippen LogP) is 1.53. The van der Waals surface area contributed by atoms with E-state index in [1.807, 2.05) is 26.1 Å². The molecule has 14 heavy (non-hydrogen) atoms. The Labute approximate surface area is 85.3 Å². The molecule has 0 radical (unpaired) electrons. The fraction of sp³-hybridized carbons (Fsp3) is 0.417. The second-order valence-corrected chi connectivity index (χ2v) is 3.36. The highest BCUT2D eigenvalue weighted by Crippen LogP contribution is 1.91. The van der Waals surface area contributed by atoms with Gasteiger partial charge >= 0.3 is 0 Å². The lowest BCUT2D eigenvalue weighted by atomic mass is 10.4. The van der Waals surface area contributed by atoms with Crippen LogP contribution in [0.25, 0.3) is 12.3 Å². The van der Waals surface area contributed by atoms with E-state index in [9.17, 15) is 0 Å². The molecule has 0 atom stereocenters. The van der Waals surface area contributed by atoms with E-state index in [1.54, 1.807) is 0 Å². The van der Waals surface area contributed by atoms with Gasteiger partial charge in [-0.05, 0) is 31.6 Å². The molecule has 0 fully saturated rings. The molecule has 2 nitrogen and oxygen atoms in total. The van der Waals surface area contributed by atoms with E-state index in [0.717, 1.165) is 29.2 Å². The van der Waals surface area contributed by atoms with Crippen LogP contribution < -0.4 is 10.6 Å². The van der Waals surface area contributed by atoms with Gasteiger partial charge in [0.05, 0.1) is 11.0 Å². The van der Waals surface area contributed by atoms with E-state index >= 15 is 0 Å². The molecule has 0 N–H and O–H groups in total. The van der Waals surface area contributed by atoms with Gasteiger partial charge in [0, 0.05) is 19.0 Å². The first kappa shape index (κ1) is 10.8. The van der Waals surface area contributed by atoms with Gasteiger partial charge in [0.2, 0.25) is 0 Å². The largest absolute Gasteiger partial charge is 0.346 e. The lowest BCUT2D eigenvalue weighted by Crippen LogP contribution is -2.29. The van der Waals surface area contributed by atoms with Crippen LogP contribution in [0.4, 0.5) is 0 Å². The zero-order valence-electron chi connectivity index (χ0n) is 9.25. The molecule has 0 aliphatic rings. The molecule has 0 aliphatic carbocycles. The van der Waals surface area contributed by atoms with Gasteiger partial charge < -0.3 is 4.57 Å². The third-order valence-corrected chi connectivity index (χ3v) is 2.18. The number of rotatable bonds is 3. The molecule has 0 aliphatic heterocycles. The average Bonchev–Trinajstić information content (AvgIpc) is 2.48. The van der Waals surface area contributed by atoms with E-state index in [1.165, 1.54) is 0 Å². The highest BCUT2D eigenvalue weighted by molar-refractivity contribution is 5.61. The molecule has 1 aromatic rings. The maximum atomic E-state index is 4.30. The average molecular weight is 190 g/mol. The van der Waals surface area contributed by atoms with Crippen LogP contribution in [0.5, 0.6) is 0 Å². The monoisotopic (exact) mass is 190 g/mol. The van der Waals surface area contributed by atoms with Gasteiger partial charge in [-0.3, -0.25) is 4.99 Å². The maximum Gasteiger partial charge on any atom is 0.0689 e. The van der Waals surface area contributed by atoms with Crippen LogP contribution in [0, 0.1) is 0 Å². The van der Waals surface area contributed by atoms with Crippen LogP contribution >= 0.6 is 0 Å². The molecule has 76 valence electrons. The second-order valence-electron chi connectivity index (χ2n) is 3.36. The molecule has 0 saturated carbocycles. The number of hydrogen-bond donors (Lipinski definition) is 0. The molecular formula is C12H18N2. The molecule has 0 saturated heterocycles. The third kappa shape index (κ3) is 2.13. The fourth-order valence-corrected chi connectivity index (χ4v) is 1.64. The molecule has 0 bridgehead atoms. The Balaban J connectivity index is 3.37. The third-order valence-electron chi connectivity index (χ3n) is 2.18. The Kier molecular flexibility index (Phi) is 3.69. The summed E-state index contributed by atoms with van der Waals surface area (Å²) in [4.78, 5) is 4.30. The summed E-state index contributed by atoms with van der Waals surface area (Å²) in [6, 6.07) is 2.04. The van der Waals surface area contributed by atoms with Gasteiger partial charge in [0.15, 0.2) is 0 Å². The molecule has 2 heteroatoms. The first-order chi connectivity index (χ1) is 6.70. The highest BCUT2D eigenvalue weighted by atomic mass is 15.0. The molecule has 1 aromatic heterocycles. The van der Waals surface area contributed by atoms with Crippen molar-refractivity contribution in [3.05, 3.63) is 22.8 Å². The van der Waals surface area contributed by atoms with E-state index in [-0.39, 0.29) is 0 Å². The van der Waals surface area contributed by atoms with Gasteiger partial charge in [-0.15, -0.1) is 0 Å². The topological polar surface area (TPSA) is 17.3 Å². The minimum Gasteiger partial charge on any atom is -0.346 e. The van der Waals surface area contributed by atoms with Gasteiger partial charge in [-0.2, -0.15) is 0 Å². The number of nitrogens with zero attached hydrogens (tertiary/aromatic N) is 2. The molecule has 1 heterocycles. The van der Waals surface area contributed by atoms with Crippen LogP contribution in [-0.2, 0) is 6.54 Å². The van der Waals surface area contributed by atoms with Gasteiger partial charge in [0.1, 0.15) is 0 Å². The number of hydrogen-bond acceptors (Lipinski definition) is 1. The lowest BCUT2D eigenvalue weighted by molar-refractivity contribution is 0.663. The van der Waals surface area contributed by atoms with Crippen LogP contribution in [0.15, 0.2) is 17.3 Å². The van der Waals surface area contributed by atoms with Crippen LogP contribution in [-0.4, -0.2) is 10.8 Å². The Morgan fingerprint density at radius 1 is 1.64 bits per heavy atom. The highest BCUT2D eigenvalue weighted by Gasteiger charge is 1.96. The van der Waals surface area contributed by atoms with Crippen molar-refractivity contribution < 1.29 is 0 Å². The summed E-state index contributed by atoms with van der Waals surface area (Å²) >= 11 is 0. The molecule has 1 rings (SSSR count). The first-order valence-corrected chi connectivity index (χ1v) is 5.04. The number of aryl methyl sites for hydroxylation is 1. The summed E-state index contributed by atoms with van der Waals surface area (Å²) in [5.74, 6) is 0. The van der Waals surface area contributed by atoms with Crippen molar-refractivity contribution in [3.8, 4) is 0 Å². The Hall–Kier alpha value is -1.31. The van der Waals surface area contributed by atoms with Crippen molar-refractivity contribution in [3.63, 3.8) is 0 Å². The van der Waals surface area contributed by atoms with Crippen molar-refractivity contribution in [1.82, 2.24) is 4.57 Å². The van der Waals surface area contributed by atoms with Crippen molar-refractivity contribution in [2.45, 2.75) is 33.7 Å². The summed E-state index contributed by atoms with van der Waals surface area (Å²) in [5.41, 5.74) is 1.04. The lowest BCUT2D eigenvalue weighted by Gasteiger charge is -2.01. The molecule has 0 aromatic carbocycles. The van der Waals surface area contributed by atoms with Crippen molar-refractivity contribution in [1.29, 1.82) is 0 Å². The Bertz CT molecular complexity index is 424. The summed E-state index contributed by atoms with van der Waals surface area (Å²) < 4.78 is 2.21. The fourth-order valence-electron chi connectivity index (χ4n) is 1.64. The van der Waals surface area contributed by atoms with Crippen LogP contribution in [0.2, 0.25) is 0 Å². The normalized spacial score (nSPS) is 13.6. The van der Waals surface area contributed by atoms with E-state index in [0.29, 0.717) is 0 Å².